The average molecular weight is 249 g/mol. The molecule has 0 aromatic heterocycles. The summed E-state index contributed by atoms with van der Waals surface area (Å²) in [6.45, 7) is 1.15. The molecular formula is C8H6BrClO2. The van der Waals surface area contributed by atoms with Crippen LogP contribution in [0.4, 0.5) is 0 Å². The SMILES string of the molecule is Clc1cc(Br)cc2c1OCCO2. The number of ether oxygens (including phenoxy) is 2. The second-order valence-electron chi connectivity index (χ2n) is 2.41. The maximum Gasteiger partial charge on any atom is 0.179 e. The maximum absolute atomic E-state index is 5.91. The molecule has 1 heterocycles. The lowest BCUT2D eigenvalue weighted by atomic mass is 10.3. The quantitative estimate of drug-likeness (QED) is 0.704. The Morgan fingerprint density at radius 3 is 2.83 bits per heavy atom. The molecule has 0 N–H and O–H groups in total. The van der Waals surface area contributed by atoms with Crippen molar-refractivity contribution < 1.29 is 9.47 Å². The Morgan fingerprint density at radius 2 is 2.00 bits per heavy atom. The zero-order valence-corrected chi connectivity index (χ0v) is 8.48. The Kier molecular flexibility index (Phi) is 2.15. The van der Waals surface area contributed by atoms with Crippen LogP contribution < -0.4 is 9.47 Å². The first-order valence-corrected chi connectivity index (χ1v) is 4.69. The van der Waals surface area contributed by atoms with Crippen LogP contribution in [0.15, 0.2) is 16.6 Å². The van der Waals surface area contributed by atoms with Crippen molar-refractivity contribution in [2.45, 2.75) is 0 Å². The Bertz CT molecular complexity index is 314. The summed E-state index contributed by atoms with van der Waals surface area (Å²) in [5.41, 5.74) is 0. The van der Waals surface area contributed by atoms with Crippen LogP contribution in [0.25, 0.3) is 0 Å². The highest BCUT2D eigenvalue weighted by Gasteiger charge is 2.15. The van der Waals surface area contributed by atoms with Gasteiger partial charge < -0.3 is 9.47 Å². The van der Waals surface area contributed by atoms with Gasteiger partial charge in [0.15, 0.2) is 11.5 Å². The van der Waals surface area contributed by atoms with E-state index in [1.54, 1.807) is 6.07 Å². The summed E-state index contributed by atoms with van der Waals surface area (Å²) in [5.74, 6) is 1.35. The van der Waals surface area contributed by atoms with Crippen molar-refractivity contribution in [3.63, 3.8) is 0 Å². The Hall–Kier alpha value is -0.410. The summed E-state index contributed by atoms with van der Waals surface area (Å²) in [6, 6.07) is 3.63. The van der Waals surface area contributed by atoms with Crippen LogP contribution in [0.5, 0.6) is 11.5 Å². The van der Waals surface area contributed by atoms with Gasteiger partial charge in [-0.2, -0.15) is 0 Å². The molecule has 0 bridgehead atoms. The number of benzene rings is 1. The number of rotatable bonds is 0. The Balaban J connectivity index is 2.53. The van der Waals surface area contributed by atoms with Gasteiger partial charge in [-0.15, -0.1) is 0 Å². The Labute approximate surface area is 83.6 Å². The van der Waals surface area contributed by atoms with E-state index in [1.165, 1.54) is 0 Å². The molecule has 0 unspecified atom stereocenters. The molecule has 2 nitrogen and oxygen atoms in total. The van der Waals surface area contributed by atoms with Crippen LogP contribution >= 0.6 is 27.5 Å². The third-order valence-corrected chi connectivity index (χ3v) is 2.30. The molecule has 1 aliphatic heterocycles. The molecule has 1 aliphatic rings. The van der Waals surface area contributed by atoms with Gasteiger partial charge in [0.25, 0.3) is 0 Å². The second-order valence-corrected chi connectivity index (χ2v) is 3.73. The number of halogens is 2. The Morgan fingerprint density at radius 1 is 1.25 bits per heavy atom. The fourth-order valence-corrected chi connectivity index (χ4v) is 1.91. The largest absolute Gasteiger partial charge is 0.486 e. The summed E-state index contributed by atoms with van der Waals surface area (Å²) in [6.07, 6.45) is 0. The molecule has 0 fully saturated rings. The van der Waals surface area contributed by atoms with E-state index in [4.69, 9.17) is 21.1 Å². The fourth-order valence-electron chi connectivity index (χ4n) is 1.08. The van der Waals surface area contributed by atoms with Crippen molar-refractivity contribution in [1.82, 2.24) is 0 Å². The van der Waals surface area contributed by atoms with E-state index in [9.17, 15) is 0 Å². The summed E-state index contributed by atoms with van der Waals surface area (Å²) >= 11 is 9.23. The predicted molar refractivity (Wildman–Crippen MR) is 50.1 cm³/mol. The minimum Gasteiger partial charge on any atom is -0.486 e. The summed E-state index contributed by atoms with van der Waals surface area (Å²) in [4.78, 5) is 0. The van der Waals surface area contributed by atoms with Gasteiger partial charge in [-0.3, -0.25) is 0 Å². The van der Waals surface area contributed by atoms with E-state index in [0.29, 0.717) is 29.7 Å². The van der Waals surface area contributed by atoms with Crippen LogP contribution in [0.2, 0.25) is 5.02 Å². The van der Waals surface area contributed by atoms with Gasteiger partial charge in [0, 0.05) is 4.47 Å². The zero-order chi connectivity index (χ0) is 8.55. The molecule has 2 rings (SSSR count). The smallest absolute Gasteiger partial charge is 0.179 e. The number of hydrogen-bond acceptors (Lipinski definition) is 2. The summed E-state index contributed by atoms with van der Waals surface area (Å²) in [5, 5.41) is 0.582. The van der Waals surface area contributed by atoms with Crippen molar-refractivity contribution in [2.24, 2.45) is 0 Å². The van der Waals surface area contributed by atoms with Crippen LogP contribution in [-0.4, -0.2) is 13.2 Å². The van der Waals surface area contributed by atoms with E-state index in [0.717, 1.165) is 4.47 Å². The maximum atomic E-state index is 5.91. The first kappa shape index (κ1) is 8.20. The zero-order valence-electron chi connectivity index (χ0n) is 6.14. The van der Waals surface area contributed by atoms with E-state index >= 15 is 0 Å². The molecule has 0 spiro atoms. The van der Waals surface area contributed by atoms with E-state index in [-0.39, 0.29) is 0 Å². The molecule has 12 heavy (non-hydrogen) atoms. The van der Waals surface area contributed by atoms with Crippen LogP contribution in [0.1, 0.15) is 0 Å². The van der Waals surface area contributed by atoms with Gasteiger partial charge in [0.2, 0.25) is 0 Å². The van der Waals surface area contributed by atoms with E-state index < -0.39 is 0 Å². The lowest BCUT2D eigenvalue weighted by molar-refractivity contribution is 0.171. The molecule has 0 saturated carbocycles. The van der Waals surface area contributed by atoms with Crippen molar-refractivity contribution in [2.75, 3.05) is 13.2 Å². The third kappa shape index (κ3) is 1.39. The highest BCUT2D eigenvalue weighted by Crippen LogP contribution is 2.39. The average Bonchev–Trinajstić information content (AvgIpc) is 2.04. The van der Waals surface area contributed by atoms with Gasteiger partial charge in [0.05, 0.1) is 5.02 Å². The van der Waals surface area contributed by atoms with Gasteiger partial charge in [-0.25, -0.2) is 0 Å². The predicted octanol–water partition coefficient (Wildman–Crippen LogP) is 2.87. The van der Waals surface area contributed by atoms with Crippen molar-refractivity contribution >= 4 is 27.5 Å². The topological polar surface area (TPSA) is 18.5 Å². The molecule has 1 aromatic carbocycles. The minimum atomic E-state index is 0.564. The number of hydrogen-bond donors (Lipinski definition) is 0. The summed E-state index contributed by atoms with van der Waals surface area (Å²) < 4.78 is 11.6. The number of fused-ring (bicyclic) bond motifs is 1. The van der Waals surface area contributed by atoms with E-state index in [1.807, 2.05) is 6.07 Å². The lowest BCUT2D eigenvalue weighted by Gasteiger charge is -2.19. The van der Waals surface area contributed by atoms with Gasteiger partial charge in [-0.1, -0.05) is 27.5 Å². The van der Waals surface area contributed by atoms with Gasteiger partial charge in [-0.05, 0) is 12.1 Å². The second kappa shape index (κ2) is 3.15. The van der Waals surface area contributed by atoms with Crippen LogP contribution in [-0.2, 0) is 0 Å². The molecule has 0 amide bonds. The van der Waals surface area contributed by atoms with Crippen molar-refractivity contribution in [3.8, 4) is 11.5 Å². The van der Waals surface area contributed by atoms with Crippen molar-refractivity contribution in [3.05, 3.63) is 21.6 Å². The molecule has 0 atom stereocenters. The van der Waals surface area contributed by atoms with Gasteiger partial charge >= 0.3 is 0 Å². The highest BCUT2D eigenvalue weighted by atomic mass is 79.9. The minimum absolute atomic E-state index is 0.564. The lowest BCUT2D eigenvalue weighted by Crippen LogP contribution is -2.15. The first-order valence-electron chi connectivity index (χ1n) is 3.52. The normalized spacial score (nSPS) is 14.5. The molecule has 64 valence electrons. The molecule has 0 radical (unpaired) electrons. The molecule has 0 aliphatic carbocycles. The molecule has 1 aromatic rings. The molecular weight excluding hydrogens is 243 g/mol. The summed E-state index contributed by atoms with van der Waals surface area (Å²) in [7, 11) is 0. The van der Waals surface area contributed by atoms with Crippen LogP contribution in [0, 0.1) is 0 Å². The first-order chi connectivity index (χ1) is 5.77. The van der Waals surface area contributed by atoms with Crippen LogP contribution in [0.3, 0.4) is 0 Å². The van der Waals surface area contributed by atoms with Gasteiger partial charge in [0.1, 0.15) is 13.2 Å². The fraction of sp³-hybridized carbons (Fsp3) is 0.250. The monoisotopic (exact) mass is 248 g/mol. The van der Waals surface area contributed by atoms with E-state index in [2.05, 4.69) is 15.9 Å². The molecule has 0 saturated heterocycles. The third-order valence-electron chi connectivity index (χ3n) is 1.56. The highest BCUT2D eigenvalue weighted by molar-refractivity contribution is 9.10. The molecule has 4 heteroatoms. The van der Waals surface area contributed by atoms with Crippen molar-refractivity contribution in [1.29, 1.82) is 0 Å². The standard InChI is InChI=1S/C8H6BrClO2/c9-5-3-6(10)8-7(4-5)11-1-2-12-8/h3-4H,1-2H2.